The van der Waals surface area contributed by atoms with Gasteiger partial charge in [-0.1, -0.05) is 11.6 Å². The van der Waals surface area contributed by atoms with Gasteiger partial charge in [-0.3, -0.25) is 10.1 Å². The van der Waals surface area contributed by atoms with Crippen LogP contribution in [0.4, 0.5) is 11.4 Å². The number of nitrogens with zero attached hydrogens (tertiary/aromatic N) is 1. The summed E-state index contributed by atoms with van der Waals surface area (Å²) in [4.78, 5) is 10.0. The molecule has 0 saturated carbocycles. The Bertz CT molecular complexity index is 387. The molecule has 0 saturated heterocycles. The third-order valence-corrected chi connectivity index (χ3v) is 2.54. The summed E-state index contributed by atoms with van der Waals surface area (Å²) in [6.45, 7) is 0.224. The maximum atomic E-state index is 10.6. The van der Waals surface area contributed by atoms with Gasteiger partial charge < -0.3 is 10.4 Å². The van der Waals surface area contributed by atoms with Crippen LogP contribution >= 0.6 is 23.2 Å². The van der Waals surface area contributed by atoms with E-state index in [0.717, 1.165) is 0 Å². The van der Waals surface area contributed by atoms with Crippen LogP contribution in [0, 0.1) is 10.1 Å². The molecule has 0 amide bonds. The molecule has 7 heteroatoms. The molecule has 0 heterocycles. The highest BCUT2D eigenvalue weighted by Gasteiger charge is 2.12. The van der Waals surface area contributed by atoms with Gasteiger partial charge in [0.15, 0.2) is 0 Å². The van der Waals surface area contributed by atoms with Gasteiger partial charge >= 0.3 is 0 Å². The second-order valence-corrected chi connectivity index (χ2v) is 3.83. The average Bonchev–Trinajstić information content (AvgIpc) is 2.27. The van der Waals surface area contributed by atoms with Crippen LogP contribution in [0.3, 0.4) is 0 Å². The number of anilines is 1. The minimum atomic E-state index is -0.698. The van der Waals surface area contributed by atoms with Crippen molar-refractivity contribution in [1.82, 2.24) is 0 Å². The van der Waals surface area contributed by atoms with Crippen molar-refractivity contribution >= 4 is 34.6 Å². The van der Waals surface area contributed by atoms with E-state index in [0.29, 0.717) is 5.69 Å². The normalized spacial score (nSPS) is 12.2. The highest BCUT2D eigenvalue weighted by Crippen LogP contribution is 2.27. The molecule has 0 spiro atoms. The number of benzene rings is 1. The highest BCUT2D eigenvalue weighted by atomic mass is 35.5. The van der Waals surface area contributed by atoms with Gasteiger partial charge in [0, 0.05) is 18.3 Å². The lowest BCUT2D eigenvalue weighted by Crippen LogP contribution is -2.20. The van der Waals surface area contributed by atoms with E-state index in [1.54, 1.807) is 6.07 Å². The Balaban J connectivity index is 2.75. The number of alkyl halides is 1. The van der Waals surface area contributed by atoms with Crippen LogP contribution < -0.4 is 5.32 Å². The quantitative estimate of drug-likeness (QED) is 0.486. The molecular formula is C9H10Cl2N2O3. The molecule has 2 N–H and O–H groups in total. The van der Waals surface area contributed by atoms with Crippen molar-refractivity contribution in [3.8, 4) is 0 Å². The molecule has 0 fully saturated rings. The minimum Gasteiger partial charge on any atom is -0.390 e. The molecule has 0 aromatic heterocycles. The van der Waals surface area contributed by atoms with Gasteiger partial charge in [-0.05, 0) is 12.1 Å². The van der Waals surface area contributed by atoms with Crippen molar-refractivity contribution in [2.24, 2.45) is 0 Å². The van der Waals surface area contributed by atoms with Gasteiger partial charge in [-0.2, -0.15) is 0 Å². The van der Waals surface area contributed by atoms with Gasteiger partial charge in [-0.15, -0.1) is 11.6 Å². The second-order valence-electron chi connectivity index (χ2n) is 3.11. The number of nitrogens with one attached hydrogen (secondary N) is 1. The number of hydrogen-bond donors (Lipinski definition) is 2. The monoisotopic (exact) mass is 264 g/mol. The zero-order chi connectivity index (χ0) is 12.1. The molecule has 5 nitrogen and oxygen atoms in total. The zero-order valence-corrected chi connectivity index (χ0v) is 9.70. The summed E-state index contributed by atoms with van der Waals surface area (Å²) in [7, 11) is 0. The summed E-state index contributed by atoms with van der Waals surface area (Å²) in [5, 5.41) is 22.7. The number of nitro groups is 1. The Kier molecular flexibility index (Phi) is 4.79. The topological polar surface area (TPSA) is 75.4 Å². The van der Waals surface area contributed by atoms with E-state index < -0.39 is 11.0 Å². The van der Waals surface area contributed by atoms with Crippen LogP contribution in [0.1, 0.15) is 0 Å². The smallest absolute Gasteiger partial charge is 0.289 e. The fourth-order valence-electron chi connectivity index (χ4n) is 1.05. The Hall–Kier alpha value is -1.04. The van der Waals surface area contributed by atoms with E-state index in [-0.39, 0.29) is 23.1 Å². The molecule has 1 atom stereocenters. The summed E-state index contributed by atoms with van der Waals surface area (Å²) in [5.41, 5.74) is 0.340. The van der Waals surface area contributed by atoms with E-state index in [2.05, 4.69) is 5.32 Å². The van der Waals surface area contributed by atoms with Crippen LogP contribution in [0.25, 0.3) is 0 Å². The first-order valence-electron chi connectivity index (χ1n) is 4.46. The van der Waals surface area contributed by atoms with Gasteiger partial charge in [0.2, 0.25) is 0 Å². The molecule has 0 aliphatic heterocycles. The van der Waals surface area contributed by atoms with Crippen molar-refractivity contribution in [1.29, 1.82) is 0 Å². The molecule has 0 aliphatic rings. The van der Waals surface area contributed by atoms with Crippen molar-refractivity contribution in [3.05, 3.63) is 33.3 Å². The molecule has 1 aromatic carbocycles. The van der Waals surface area contributed by atoms with Crippen molar-refractivity contribution in [2.75, 3.05) is 17.7 Å². The molecule has 1 unspecified atom stereocenters. The van der Waals surface area contributed by atoms with Crippen LogP contribution in [-0.4, -0.2) is 28.6 Å². The SMILES string of the molecule is O=[N+]([O-])c1cc(NCC(O)CCl)ccc1Cl. The molecule has 0 aliphatic carbocycles. The number of nitro benzene ring substituents is 1. The first-order valence-corrected chi connectivity index (χ1v) is 5.37. The third kappa shape index (κ3) is 3.52. The summed E-state index contributed by atoms with van der Waals surface area (Å²) in [6.07, 6.45) is -0.698. The molecule has 88 valence electrons. The van der Waals surface area contributed by atoms with Crippen molar-refractivity contribution in [3.63, 3.8) is 0 Å². The lowest BCUT2D eigenvalue weighted by Gasteiger charge is -2.09. The van der Waals surface area contributed by atoms with Crippen molar-refractivity contribution < 1.29 is 10.0 Å². The number of aliphatic hydroxyl groups excluding tert-OH is 1. The number of halogens is 2. The van der Waals surface area contributed by atoms with E-state index in [1.807, 2.05) is 0 Å². The van der Waals surface area contributed by atoms with E-state index in [9.17, 15) is 15.2 Å². The van der Waals surface area contributed by atoms with E-state index >= 15 is 0 Å². The van der Waals surface area contributed by atoms with E-state index in [4.69, 9.17) is 23.2 Å². The second kappa shape index (κ2) is 5.89. The summed E-state index contributed by atoms with van der Waals surface area (Å²) >= 11 is 11.0. The zero-order valence-electron chi connectivity index (χ0n) is 8.19. The predicted molar refractivity (Wildman–Crippen MR) is 63.3 cm³/mol. The first-order chi connectivity index (χ1) is 7.54. The molecule has 1 rings (SSSR count). The lowest BCUT2D eigenvalue weighted by atomic mass is 10.2. The fourth-order valence-corrected chi connectivity index (χ4v) is 1.35. The maximum Gasteiger partial charge on any atom is 0.289 e. The lowest BCUT2D eigenvalue weighted by molar-refractivity contribution is -0.384. The van der Waals surface area contributed by atoms with Crippen LogP contribution in [0.5, 0.6) is 0 Å². The van der Waals surface area contributed by atoms with Gasteiger partial charge in [0.25, 0.3) is 5.69 Å². The number of rotatable bonds is 5. The standard InChI is InChI=1S/C9H10Cl2N2O3/c10-4-7(14)5-12-6-1-2-8(11)9(3-6)13(15)16/h1-3,7,12,14H,4-5H2. The Morgan fingerprint density at radius 1 is 1.56 bits per heavy atom. The summed E-state index contributed by atoms with van der Waals surface area (Å²) < 4.78 is 0. The molecule has 0 bridgehead atoms. The molecule has 16 heavy (non-hydrogen) atoms. The average molecular weight is 265 g/mol. The van der Waals surface area contributed by atoms with Crippen LogP contribution in [0.15, 0.2) is 18.2 Å². The van der Waals surface area contributed by atoms with Gasteiger partial charge in [0.05, 0.1) is 16.9 Å². The molecule has 1 aromatic rings. The molecule has 0 radical (unpaired) electrons. The fraction of sp³-hybridized carbons (Fsp3) is 0.333. The van der Waals surface area contributed by atoms with Crippen LogP contribution in [-0.2, 0) is 0 Å². The van der Waals surface area contributed by atoms with Gasteiger partial charge in [0.1, 0.15) is 5.02 Å². The highest BCUT2D eigenvalue weighted by molar-refractivity contribution is 6.32. The third-order valence-electron chi connectivity index (χ3n) is 1.86. The Labute approximate surface area is 102 Å². The summed E-state index contributed by atoms with van der Waals surface area (Å²) in [6, 6.07) is 4.33. The minimum absolute atomic E-state index is 0.0773. The number of hydrogen-bond acceptors (Lipinski definition) is 4. The first kappa shape index (κ1) is 13.0. The van der Waals surface area contributed by atoms with Crippen LogP contribution in [0.2, 0.25) is 5.02 Å². The summed E-state index contributed by atoms with van der Waals surface area (Å²) in [5.74, 6) is 0.0999. The predicted octanol–water partition coefficient (Wildman–Crippen LogP) is 2.26. The largest absolute Gasteiger partial charge is 0.390 e. The van der Waals surface area contributed by atoms with Gasteiger partial charge in [-0.25, -0.2) is 0 Å². The molecular weight excluding hydrogens is 255 g/mol. The number of aliphatic hydroxyl groups is 1. The Morgan fingerprint density at radius 2 is 2.25 bits per heavy atom. The van der Waals surface area contributed by atoms with Crippen molar-refractivity contribution in [2.45, 2.75) is 6.10 Å². The Morgan fingerprint density at radius 3 is 2.81 bits per heavy atom. The van der Waals surface area contributed by atoms with E-state index in [1.165, 1.54) is 12.1 Å². The maximum absolute atomic E-state index is 10.6.